The summed E-state index contributed by atoms with van der Waals surface area (Å²) in [5.41, 5.74) is 1.12. The highest BCUT2D eigenvalue weighted by Gasteiger charge is 2.32. The molecule has 1 aliphatic heterocycles. The molecule has 19 heavy (non-hydrogen) atoms. The van der Waals surface area contributed by atoms with Crippen molar-refractivity contribution in [2.24, 2.45) is 0 Å². The number of ether oxygens (including phenoxy) is 1. The largest absolute Gasteiger partial charge is 0.487 e. The van der Waals surface area contributed by atoms with Crippen LogP contribution >= 0.6 is 0 Å². The van der Waals surface area contributed by atoms with Crippen LogP contribution in [0, 0.1) is 6.92 Å². The molecule has 6 heteroatoms. The number of benzene rings is 1. The molecule has 6 nitrogen and oxygen atoms in total. The standard InChI is InChI=1S/C13H16N2O4/c1-9-3-2-4-10(5-9)19-11-7-15(8-11)13(18)14-6-12(16)17/h2-5,11H,6-8H2,1H3,(H,14,18)(H,16,17). The van der Waals surface area contributed by atoms with Gasteiger partial charge in [0.05, 0.1) is 13.1 Å². The van der Waals surface area contributed by atoms with Gasteiger partial charge in [-0.25, -0.2) is 4.79 Å². The third kappa shape index (κ3) is 3.61. The minimum Gasteiger partial charge on any atom is -0.487 e. The lowest BCUT2D eigenvalue weighted by atomic mass is 10.1. The van der Waals surface area contributed by atoms with Gasteiger partial charge in [-0.2, -0.15) is 0 Å². The number of carbonyl (C=O) groups is 2. The van der Waals surface area contributed by atoms with Crippen LogP contribution in [-0.4, -0.2) is 47.7 Å². The Morgan fingerprint density at radius 2 is 2.21 bits per heavy atom. The number of carbonyl (C=O) groups excluding carboxylic acids is 1. The summed E-state index contributed by atoms with van der Waals surface area (Å²) >= 11 is 0. The fourth-order valence-electron chi connectivity index (χ4n) is 1.82. The number of nitrogens with zero attached hydrogens (tertiary/aromatic N) is 1. The number of nitrogens with one attached hydrogen (secondary N) is 1. The molecule has 0 bridgehead atoms. The number of aryl methyl sites for hydroxylation is 1. The summed E-state index contributed by atoms with van der Waals surface area (Å²) in [5, 5.41) is 10.8. The van der Waals surface area contributed by atoms with Gasteiger partial charge in [-0.05, 0) is 24.6 Å². The van der Waals surface area contributed by atoms with E-state index < -0.39 is 5.97 Å². The zero-order valence-electron chi connectivity index (χ0n) is 10.6. The van der Waals surface area contributed by atoms with Gasteiger partial charge in [0.15, 0.2) is 0 Å². The first-order valence-corrected chi connectivity index (χ1v) is 6.02. The van der Waals surface area contributed by atoms with Crippen LogP contribution in [0.4, 0.5) is 4.79 Å². The van der Waals surface area contributed by atoms with Crippen LogP contribution in [0.1, 0.15) is 5.56 Å². The number of amides is 2. The Hall–Kier alpha value is -2.24. The minimum absolute atomic E-state index is 0.0302. The average molecular weight is 264 g/mol. The molecule has 0 unspecified atom stereocenters. The summed E-state index contributed by atoms with van der Waals surface area (Å²) in [6, 6.07) is 7.35. The second-order valence-corrected chi connectivity index (χ2v) is 4.51. The number of hydrogen-bond donors (Lipinski definition) is 2. The molecule has 0 saturated carbocycles. The Kier molecular flexibility index (Phi) is 3.89. The molecular weight excluding hydrogens is 248 g/mol. The van der Waals surface area contributed by atoms with E-state index in [9.17, 15) is 9.59 Å². The number of urea groups is 1. The van der Waals surface area contributed by atoms with Crippen LogP contribution in [-0.2, 0) is 4.79 Å². The van der Waals surface area contributed by atoms with E-state index in [0.717, 1.165) is 11.3 Å². The van der Waals surface area contributed by atoms with E-state index in [0.29, 0.717) is 13.1 Å². The molecule has 2 rings (SSSR count). The first-order valence-electron chi connectivity index (χ1n) is 6.02. The zero-order valence-corrected chi connectivity index (χ0v) is 10.6. The number of likely N-dealkylation sites (tertiary alicyclic amines) is 1. The fraction of sp³-hybridized carbons (Fsp3) is 0.385. The second kappa shape index (κ2) is 5.60. The van der Waals surface area contributed by atoms with Gasteiger partial charge in [0.25, 0.3) is 0 Å². The summed E-state index contributed by atoms with van der Waals surface area (Å²) in [5.74, 6) is -0.267. The Labute approximate surface area is 111 Å². The van der Waals surface area contributed by atoms with Crippen molar-refractivity contribution < 1.29 is 19.4 Å². The Balaban J connectivity index is 1.74. The van der Waals surface area contributed by atoms with E-state index in [2.05, 4.69) is 5.32 Å². The van der Waals surface area contributed by atoms with E-state index in [1.165, 1.54) is 4.90 Å². The van der Waals surface area contributed by atoms with Crippen molar-refractivity contribution in [3.8, 4) is 5.75 Å². The van der Waals surface area contributed by atoms with E-state index in [4.69, 9.17) is 9.84 Å². The van der Waals surface area contributed by atoms with Crippen molar-refractivity contribution in [3.05, 3.63) is 29.8 Å². The van der Waals surface area contributed by atoms with Crippen molar-refractivity contribution >= 4 is 12.0 Å². The first-order chi connectivity index (χ1) is 9.04. The fourth-order valence-corrected chi connectivity index (χ4v) is 1.82. The van der Waals surface area contributed by atoms with E-state index >= 15 is 0 Å². The molecule has 1 aromatic rings. The molecular formula is C13H16N2O4. The topological polar surface area (TPSA) is 78.9 Å². The molecule has 0 aliphatic carbocycles. The van der Waals surface area contributed by atoms with Gasteiger partial charge >= 0.3 is 12.0 Å². The van der Waals surface area contributed by atoms with Crippen molar-refractivity contribution in [1.29, 1.82) is 0 Å². The maximum atomic E-state index is 11.5. The zero-order chi connectivity index (χ0) is 13.8. The highest BCUT2D eigenvalue weighted by molar-refractivity contribution is 5.80. The predicted molar refractivity (Wildman–Crippen MR) is 68.2 cm³/mol. The van der Waals surface area contributed by atoms with Crippen molar-refractivity contribution in [2.75, 3.05) is 19.6 Å². The molecule has 0 spiro atoms. The van der Waals surface area contributed by atoms with Crippen LogP contribution in [0.15, 0.2) is 24.3 Å². The third-order valence-electron chi connectivity index (χ3n) is 2.82. The Bertz CT molecular complexity index is 483. The van der Waals surface area contributed by atoms with Gasteiger partial charge in [0, 0.05) is 0 Å². The molecule has 1 aliphatic rings. The summed E-state index contributed by atoms with van der Waals surface area (Å²) in [6.07, 6.45) is -0.0302. The number of hydrogen-bond acceptors (Lipinski definition) is 3. The summed E-state index contributed by atoms with van der Waals surface area (Å²) < 4.78 is 5.70. The van der Waals surface area contributed by atoms with Crippen LogP contribution in [0.2, 0.25) is 0 Å². The van der Waals surface area contributed by atoms with E-state index in [1.807, 2.05) is 31.2 Å². The molecule has 1 fully saturated rings. The molecule has 1 heterocycles. The van der Waals surface area contributed by atoms with E-state index in [1.54, 1.807) is 0 Å². The maximum absolute atomic E-state index is 11.5. The van der Waals surface area contributed by atoms with Gasteiger partial charge in [-0.15, -0.1) is 0 Å². The number of aliphatic carboxylic acids is 1. The minimum atomic E-state index is -1.05. The predicted octanol–water partition coefficient (Wildman–Crippen LogP) is 0.852. The van der Waals surface area contributed by atoms with Gasteiger partial charge in [-0.1, -0.05) is 12.1 Å². The molecule has 102 valence electrons. The van der Waals surface area contributed by atoms with Crippen molar-refractivity contribution in [1.82, 2.24) is 10.2 Å². The summed E-state index contributed by atoms with van der Waals surface area (Å²) in [4.78, 5) is 23.3. The average Bonchev–Trinajstić information content (AvgIpc) is 2.30. The van der Waals surface area contributed by atoms with Gasteiger partial charge in [-0.3, -0.25) is 4.79 Å². The van der Waals surface area contributed by atoms with Gasteiger partial charge in [0.2, 0.25) is 0 Å². The molecule has 0 aromatic heterocycles. The quantitative estimate of drug-likeness (QED) is 0.845. The van der Waals surface area contributed by atoms with Crippen LogP contribution < -0.4 is 10.1 Å². The van der Waals surface area contributed by atoms with E-state index in [-0.39, 0.29) is 18.7 Å². The van der Waals surface area contributed by atoms with Crippen molar-refractivity contribution in [2.45, 2.75) is 13.0 Å². The normalized spacial score (nSPS) is 14.7. The molecule has 1 saturated heterocycles. The number of carboxylic acids is 1. The summed E-state index contributed by atoms with van der Waals surface area (Å²) in [7, 11) is 0. The molecule has 2 amide bonds. The maximum Gasteiger partial charge on any atom is 0.323 e. The molecule has 2 N–H and O–H groups in total. The molecule has 0 atom stereocenters. The van der Waals surface area contributed by atoms with Gasteiger partial charge in [0.1, 0.15) is 18.4 Å². The highest BCUT2D eigenvalue weighted by atomic mass is 16.5. The molecule has 1 aromatic carbocycles. The SMILES string of the molecule is Cc1cccc(OC2CN(C(=O)NCC(=O)O)C2)c1. The van der Waals surface area contributed by atoms with Crippen LogP contribution in [0.25, 0.3) is 0 Å². The number of carboxylic acid groups (broad SMARTS) is 1. The summed E-state index contributed by atoms with van der Waals surface area (Å²) in [6.45, 7) is 2.57. The number of rotatable bonds is 4. The second-order valence-electron chi connectivity index (χ2n) is 4.51. The lowest BCUT2D eigenvalue weighted by Gasteiger charge is -2.38. The van der Waals surface area contributed by atoms with Crippen LogP contribution in [0.5, 0.6) is 5.75 Å². The Morgan fingerprint density at radius 1 is 1.47 bits per heavy atom. The highest BCUT2D eigenvalue weighted by Crippen LogP contribution is 2.19. The third-order valence-corrected chi connectivity index (χ3v) is 2.82. The molecule has 0 radical (unpaired) electrons. The monoisotopic (exact) mass is 264 g/mol. The van der Waals surface area contributed by atoms with Gasteiger partial charge < -0.3 is 20.1 Å². The first kappa shape index (κ1) is 13.2. The Morgan fingerprint density at radius 3 is 2.84 bits per heavy atom. The smallest absolute Gasteiger partial charge is 0.323 e. The van der Waals surface area contributed by atoms with Crippen LogP contribution in [0.3, 0.4) is 0 Å². The van der Waals surface area contributed by atoms with Crippen molar-refractivity contribution in [3.63, 3.8) is 0 Å². The lowest BCUT2D eigenvalue weighted by molar-refractivity contribution is -0.135. The lowest BCUT2D eigenvalue weighted by Crippen LogP contribution is -2.59.